The van der Waals surface area contributed by atoms with Crippen LogP contribution in [-0.2, 0) is 0 Å². The molecule has 0 radical (unpaired) electrons. The van der Waals surface area contributed by atoms with Gasteiger partial charge < -0.3 is 10.3 Å². The first-order chi connectivity index (χ1) is 14.2. The third-order valence-corrected chi connectivity index (χ3v) is 10.9. The molecule has 0 saturated heterocycles. The quantitative estimate of drug-likeness (QED) is 0.372. The lowest BCUT2D eigenvalue weighted by Crippen LogP contribution is -2.65. The Bertz CT molecular complexity index is 659. The summed E-state index contributed by atoms with van der Waals surface area (Å²) in [5.74, 6) is 4.37. The molecule has 3 heteroatoms. The molecule has 0 aromatic carbocycles. The van der Waals surface area contributed by atoms with Crippen molar-refractivity contribution in [3.05, 3.63) is 0 Å². The minimum Gasteiger partial charge on any atom is -0.411 e. The second-order valence-electron chi connectivity index (χ2n) is 12.6. The topological polar surface area (TPSA) is 52.8 Å². The van der Waals surface area contributed by atoms with Crippen molar-refractivity contribution in [2.45, 2.75) is 117 Å². The largest absolute Gasteiger partial charge is 0.411 e. The zero-order chi connectivity index (χ0) is 21.7. The first kappa shape index (κ1) is 22.6. The lowest BCUT2D eigenvalue weighted by Gasteiger charge is -2.63. The lowest BCUT2D eigenvalue weighted by atomic mass is 9.42. The van der Waals surface area contributed by atoms with Crippen LogP contribution in [-0.4, -0.2) is 21.6 Å². The molecule has 4 fully saturated rings. The smallest absolute Gasteiger partial charge is 0.112 e. The van der Waals surface area contributed by atoms with Crippen LogP contribution in [0.15, 0.2) is 5.16 Å². The standard InChI is InChI=1S/C27H47NO2/c1-18(2)9-8-10-19(3)21-11-12-22-20-17-24(28-30)27(29)15-7-6-14-26(27,5)23(20)13-16-25(21,22)4/h18-23,29-30H,6-17H2,1-5H3/t19-,20+,21-,22+,23+,25-,26-,27?/m1/s1. The Morgan fingerprint density at radius 1 is 0.967 bits per heavy atom. The number of oxime groups is 1. The Kier molecular flexibility index (Phi) is 6.10. The first-order valence-corrected chi connectivity index (χ1v) is 13.1. The summed E-state index contributed by atoms with van der Waals surface area (Å²) in [6.07, 6.45) is 14.3. The summed E-state index contributed by atoms with van der Waals surface area (Å²) < 4.78 is 0. The van der Waals surface area contributed by atoms with E-state index in [0.29, 0.717) is 23.0 Å². The van der Waals surface area contributed by atoms with Gasteiger partial charge in [-0.2, -0.15) is 0 Å². The van der Waals surface area contributed by atoms with E-state index < -0.39 is 5.60 Å². The van der Waals surface area contributed by atoms with Gasteiger partial charge in [0, 0.05) is 5.41 Å². The number of rotatable bonds is 5. The molecule has 1 unspecified atom stereocenters. The van der Waals surface area contributed by atoms with Gasteiger partial charge in [-0.15, -0.1) is 0 Å². The fourth-order valence-electron chi connectivity index (χ4n) is 9.23. The monoisotopic (exact) mass is 417 g/mol. The zero-order valence-corrected chi connectivity index (χ0v) is 20.3. The summed E-state index contributed by atoms with van der Waals surface area (Å²) in [5.41, 5.74) is 0.151. The van der Waals surface area contributed by atoms with Crippen LogP contribution in [0.1, 0.15) is 112 Å². The molecule has 0 aromatic heterocycles. The van der Waals surface area contributed by atoms with E-state index in [1.54, 1.807) is 0 Å². The van der Waals surface area contributed by atoms with Gasteiger partial charge in [-0.05, 0) is 85.9 Å². The molecule has 4 aliphatic carbocycles. The van der Waals surface area contributed by atoms with Crippen LogP contribution < -0.4 is 0 Å². The van der Waals surface area contributed by atoms with E-state index in [1.165, 1.54) is 51.4 Å². The Hall–Kier alpha value is -0.570. The van der Waals surface area contributed by atoms with Gasteiger partial charge in [0.15, 0.2) is 0 Å². The molecular formula is C27H47NO2. The second kappa shape index (κ2) is 8.09. The summed E-state index contributed by atoms with van der Waals surface area (Å²) in [6, 6.07) is 0. The molecule has 4 aliphatic rings. The van der Waals surface area contributed by atoms with Crippen molar-refractivity contribution >= 4 is 5.71 Å². The van der Waals surface area contributed by atoms with Gasteiger partial charge in [0.1, 0.15) is 5.60 Å². The highest BCUT2D eigenvalue weighted by Gasteiger charge is 2.66. The Morgan fingerprint density at radius 2 is 1.70 bits per heavy atom. The van der Waals surface area contributed by atoms with Crippen LogP contribution in [0.4, 0.5) is 0 Å². The number of hydrogen-bond acceptors (Lipinski definition) is 3. The molecule has 0 heterocycles. The van der Waals surface area contributed by atoms with Crippen LogP contribution in [0.5, 0.6) is 0 Å². The highest BCUT2D eigenvalue weighted by Crippen LogP contribution is 2.68. The van der Waals surface area contributed by atoms with Crippen LogP contribution >= 0.6 is 0 Å². The molecule has 30 heavy (non-hydrogen) atoms. The average Bonchev–Trinajstić information content (AvgIpc) is 3.05. The number of fused-ring (bicyclic) bond motifs is 5. The SMILES string of the molecule is CC(C)CCC[C@@H](C)[C@H]1CC[C@H]2[C@@H]3CC(=NO)C4(O)CCCC[C@]4(C)[C@H]3CC[C@]12C. The number of aliphatic hydroxyl groups is 1. The van der Waals surface area contributed by atoms with E-state index in [4.69, 9.17) is 0 Å². The lowest BCUT2D eigenvalue weighted by molar-refractivity contribution is -0.153. The molecular weight excluding hydrogens is 370 g/mol. The van der Waals surface area contributed by atoms with Crippen LogP contribution in [0, 0.1) is 46.3 Å². The minimum absolute atomic E-state index is 0.113. The Balaban J connectivity index is 1.56. The highest BCUT2D eigenvalue weighted by atomic mass is 16.4. The maximum atomic E-state index is 11.7. The molecule has 8 atom stereocenters. The Labute approximate surface area is 185 Å². The van der Waals surface area contributed by atoms with E-state index in [1.807, 2.05) is 0 Å². The normalized spacial score (nSPS) is 48.3. The third kappa shape index (κ3) is 3.28. The van der Waals surface area contributed by atoms with Crippen LogP contribution in [0.3, 0.4) is 0 Å². The molecule has 4 saturated carbocycles. The fraction of sp³-hybridized carbons (Fsp3) is 0.963. The molecule has 3 nitrogen and oxygen atoms in total. The molecule has 0 aromatic rings. The van der Waals surface area contributed by atoms with Crippen LogP contribution in [0.2, 0.25) is 0 Å². The first-order valence-electron chi connectivity index (χ1n) is 13.1. The molecule has 172 valence electrons. The Morgan fingerprint density at radius 3 is 2.40 bits per heavy atom. The van der Waals surface area contributed by atoms with Crippen LogP contribution in [0.25, 0.3) is 0 Å². The summed E-state index contributed by atoms with van der Waals surface area (Å²) in [7, 11) is 0. The van der Waals surface area contributed by atoms with E-state index in [2.05, 4.69) is 39.8 Å². The van der Waals surface area contributed by atoms with Crippen molar-refractivity contribution in [3.8, 4) is 0 Å². The maximum Gasteiger partial charge on any atom is 0.112 e. The molecule has 0 spiro atoms. The fourth-order valence-corrected chi connectivity index (χ4v) is 9.23. The summed E-state index contributed by atoms with van der Waals surface area (Å²) in [6.45, 7) is 12.1. The van der Waals surface area contributed by atoms with Gasteiger partial charge in [0.05, 0.1) is 5.71 Å². The predicted molar refractivity (Wildman–Crippen MR) is 124 cm³/mol. The molecule has 0 bridgehead atoms. The van der Waals surface area contributed by atoms with Gasteiger partial charge in [-0.1, -0.05) is 71.9 Å². The number of hydrogen-bond donors (Lipinski definition) is 2. The summed E-state index contributed by atoms with van der Waals surface area (Å²) in [5, 5.41) is 25.4. The summed E-state index contributed by atoms with van der Waals surface area (Å²) in [4.78, 5) is 0. The van der Waals surface area contributed by atoms with Crippen molar-refractivity contribution < 1.29 is 10.3 Å². The average molecular weight is 418 g/mol. The van der Waals surface area contributed by atoms with E-state index >= 15 is 0 Å². The van der Waals surface area contributed by atoms with E-state index in [-0.39, 0.29) is 5.41 Å². The molecule has 0 amide bonds. The zero-order valence-electron chi connectivity index (χ0n) is 20.3. The molecule has 4 rings (SSSR count). The van der Waals surface area contributed by atoms with Gasteiger partial charge >= 0.3 is 0 Å². The number of nitrogens with zero attached hydrogens (tertiary/aromatic N) is 1. The maximum absolute atomic E-state index is 11.7. The van der Waals surface area contributed by atoms with Crippen molar-refractivity contribution in [1.29, 1.82) is 0 Å². The third-order valence-electron chi connectivity index (χ3n) is 10.9. The van der Waals surface area contributed by atoms with Gasteiger partial charge in [0.2, 0.25) is 0 Å². The van der Waals surface area contributed by atoms with Gasteiger partial charge in [-0.25, -0.2) is 0 Å². The van der Waals surface area contributed by atoms with Crippen molar-refractivity contribution in [2.75, 3.05) is 0 Å². The summed E-state index contributed by atoms with van der Waals surface area (Å²) >= 11 is 0. The molecule has 2 N–H and O–H groups in total. The minimum atomic E-state index is -0.878. The van der Waals surface area contributed by atoms with Crippen molar-refractivity contribution in [2.24, 2.45) is 51.5 Å². The second-order valence-corrected chi connectivity index (χ2v) is 12.6. The van der Waals surface area contributed by atoms with Crippen molar-refractivity contribution in [1.82, 2.24) is 0 Å². The van der Waals surface area contributed by atoms with E-state index in [0.717, 1.165) is 49.4 Å². The van der Waals surface area contributed by atoms with Crippen molar-refractivity contribution in [3.63, 3.8) is 0 Å². The van der Waals surface area contributed by atoms with Gasteiger partial charge in [-0.3, -0.25) is 0 Å². The van der Waals surface area contributed by atoms with E-state index in [9.17, 15) is 10.3 Å². The van der Waals surface area contributed by atoms with Gasteiger partial charge in [0.25, 0.3) is 0 Å². The highest BCUT2D eigenvalue weighted by molar-refractivity contribution is 5.94. The predicted octanol–water partition coefficient (Wildman–Crippen LogP) is 7.05. The molecule has 0 aliphatic heterocycles.